The van der Waals surface area contributed by atoms with E-state index < -0.39 is 0 Å². The summed E-state index contributed by atoms with van der Waals surface area (Å²) >= 11 is 0. The van der Waals surface area contributed by atoms with Crippen LogP contribution in [-0.4, -0.2) is 16.1 Å². The van der Waals surface area contributed by atoms with Gasteiger partial charge in [-0.1, -0.05) is 37.5 Å². The van der Waals surface area contributed by atoms with Crippen molar-refractivity contribution < 1.29 is 4.79 Å². The Morgan fingerprint density at radius 1 is 1.19 bits per heavy atom. The first-order chi connectivity index (χ1) is 10.2. The second kappa shape index (κ2) is 5.84. The zero-order valence-corrected chi connectivity index (χ0v) is 12.8. The Morgan fingerprint density at radius 3 is 2.67 bits per heavy atom. The zero-order chi connectivity index (χ0) is 14.8. The summed E-state index contributed by atoms with van der Waals surface area (Å²) in [4.78, 5) is 11.4. The fourth-order valence-corrected chi connectivity index (χ4v) is 3.24. The van der Waals surface area contributed by atoms with Gasteiger partial charge in [-0.25, -0.2) is 0 Å². The van der Waals surface area contributed by atoms with E-state index in [1.165, 1.54) is 43.2 Å². The smallest absolute Gasteiger partial charge is 0.153 e. The quantitative estimate of drug-likeness (QED) is 0.778. The highest BCUT2D eigenvalue weighted by Crippen LogP contribution is 2.31. The van der Waals surface area contributed by atoms with Crippen LogP contribution >= 0.6 is 0 Å². The van der Waals surface area contributed by atoms with Crippen LogP contribution in [0.15, 0.2) is 24.4 Å². The van der Waals surface area contributed by atoms with Crippen LogP contribution in [0.5, 0.6) is 0 Å². The third kappa shape index (κ3) is 2.65. The summed E-state index contributed by atoms with van der Waals surface area (Å²) in [7, 11) is 0. The number of carbonyl (C=O) groups excluding carboxylic acids is 1. The number of carbonyl (C=O) groups is 1. The molecule has 1 aliphatic rings. The molecule has 0 amide bonds. The van der Waals surface area contributed by atoms with Gasteiger partial charge in [-0.3, -0.25) is 9.48 Å². The van der Waals surface area contributed by atoms with Crippen LogP contribution in [0.3, 0.4) is 0 Å². The van der Waals surface area contributed by atoms with Gasteiger partial charge in [-0.15, -0.1) is 0 Å². The van der Waals surface area contributed by atoms with E-state index in [0.29, 0.717) is 11.6 Å². The molecule has 0 spiro atoms. The molecule has 21 heavy (non-hydrogen) atoms. The Kier molecular flexibility index (Phi) is 3.91. The predicted molar refractivity (Wildman–Crippen MR) is 84.6 cm³/mol. The van der Waals surface area contributed by atoms with Crippen molar-refractivity contribution in [3.05, 3.63) is 41.1 Å². The van der Waals surface area contributed by atoms with Gasteiger partial charge in [0.25, 0.3) is 0 Å². The topological polar surface area (TPSA) is 34.9 Å². The van der Waals surface area contributed by atoms with Gasteiger partial charge in [0.15, 0.2) is 6.29 Å². The van der Waals surface area contributed by atoms with Crippen LogP contribution in [0, 0.1) is 13.8 Å². The molecule has 2 aromatic rings. The van der Waals surface area contributed by atoms with Crippen molar-refractivity contribution in [1.82, 2.24) is 9.78 Å². The molecule has 1 fully saturated rings. The third-order valence-electron chi connectivity index (χ3n) is 4.70. The van der Waals surface area contributed by atoms with Crippen LogP contribution in [0.4, 0.5) is 0 Å². The lowest BCUT2D eigenvalue weighted by Gasteiger charge is -2.21. The largest absolute Gasteiger partial charge is 0.298 e. The highest BCUT2D eigenvalue weighted by atomic mass is 16.1. The number of benzene rings is 1. The SMILES string of the molecule is Cc1cccc(-c2nn(C3CCCCC3)cc2C=O)c1C. The summed E-state index contributed by atoms with van der Waals surface area (Å²) in [5, 5.41) is 4.76. The predicted octanol–water partition coefficient (Wildman–Crippen LogP) is 4.48. The van der Waals surface area contributed by atoms with Crippen LogP contribution in [-0.2, 0) is 0 Å². The van der Waals surface area contributed by atoms with Crippen molar-refractivity contribution in [2.24, 2.45) is 0 Å². The fraction of sp³-hybridized carbons (Fsp3) is 0.444. The average Bonchev–Trinajstić information content (AvgIpc) is 2.95. The maximum absolute atomic E-state index is 11.4. The molecule has 1 aliphatic carbocycles. The molecule has 0 saturated heterocycles. The zero-order valence-electron chi connectivity index (χ0n) is 12.8. The second-order valence-electron chi connectivity index (χ2n) is 6.07. The summed E-state index contributed by atoms with van der Waals surface area (Å²) in [5.74, 6) is 0. The molecule has 110 valence electrons. The van der Waals surface area contributed by atoms with Crippen molar-refractivity contribution >= 4 is 6.29 Å². The molecule has 0 bridgehead atoms. The van der Waals surface area contributed by atoms with E-state index in [4.69, 9.17) is 5.10 Å². The molecule has 0 unspecified atom stereocenters. The lowest BCUT2D eigenvalue weighted by Crippen LogP contribution is -2.13. The highest BCUT2D eigenvalue weighted by Gasteiger charge is 2.20. The number of hydrogen-bond donors (Lipinski definition) is 0. The van der Waals surface area contributed by atoms with E-state index in [0.717, 1.165) is 17.5 Å². The number of aromatic nitrogens is 2. The van der Waals surface area contributed by atoms with Gasteiger partial charge in [0.1, 0.15) is 5.69 Å². The van der Waals surface area contributed by atoms with Crippen molar-refractivity contribution in [2.75, 3.05) is 0 Å². The number of hydrogen-bond acceptors (Lipinski definition) is 2. The van der Waals surface area contributed by atoms with E-state index in [1.807, 2.05) is 16.9 Å². The molecule has 0 atom stereocenters. The first-order valence-electron chi connectivity index (χ1n) is 7.81. The third-order valence-corrected chi connectivity index (χ3v) is 4.70. The summed E-state index contributed by atoms with van der Waals surface area (Å²) in [6.45, 7) is 4.19. The standard InChI is InChI=1S/C18H22N2O/c1-13-7-6-10-17(14(13)2)18-15(12-21)11-20(19-18)16-8-4-3-5-9-16/h6-7,10-12,16H,3-5,8-9H2,1-2H3. The van der Waals surface area contributed by atoms with Crippen molar-refractivity contribution in [3.8, 4) is 11.3 Å². The van der Waals surface area contributed by atoms with Crippen LogP contribution in [0.25, 0.3) is 11.3 Å². The molecule has 1 saturated carbocycles. The minimum Gasteiger partial charge on any atom is -0.298 e. The van der Waals surface area contributed by atoms with Gasteiger partial charge in [0.2, 0.25) is 0 Å². The Balaban J connectivity index is 2.03. The molecule has 3 nitrogen and oxygen atoms in total. The number of aryl methyl sites for hydroxylation is 1. The van der Waals surface area contributed by atoms with Crippen LogP contribution in [0.2, 0.25) is 0 Å². The lowest BCUT2D eigenvalue weighted by molar-refractivity contribution is 0.112. The van der Waals surface area contributed by atoms with Crippen molar-refractivity contribution in [3.63, 3.8) is 0 Å². The highest BCUT2D eigenvalue weighted by molar-refractivity contribution is 5.86. The number of nitrogens with zero attached hydrogens (tertiary/aromatic N) is 2. The molecule has 3 heteroatoms. The maximum Gasteiger partial charge on any atom is 0.153 e. The first-order valence-corrected chi connectivity index (χ1v) is 7.81. The Bertz CT molecular complexity index is 651. The molecular weight excluding hydrogens is 260 g/mol. The van der Waals surface area contributed by atoms with Crippen LogP contribution < -0.4 is 0 Å². The van der Waals surface area contributed by atoms with E-state index in [1.54, 1.807) is 0 Å². The number of aldehydes is 1. The Labute approximate surface area is 126 Å². The van der Waals surface area contributed by atoms with Gasteiger partial charge in [-0.2, -0.15) is 5.10 Å². The molecule has 3 rings (SSSR count). The van der Waals surface area contributed by atoms with E-state index in [9.17, 15) is 4.79 Å². The summed E-state index contributed by atoms with van der Waals surface area (Å²) in [5.41, 5.74) is 5.05. The molecule has 0 N–H and O–H groups in total. The molecule has 0 aliphatic heterocycles. The molecular formula is C18H22N2O. The molecule has 0 radical (unpaired) electrons. The normalized spacial score (nSPS) is 16.1. The van der Waals surface area contributed by atoms with E-state index in [2.05, 4.69) is 26.0 Å². The fourth-order valence-electron chi connectivity index (χ4n) is 3.24. The lowest BCUT2D eigenvalue weighted by atomic mass is 9.96. The Hall–Kier alpha value is -1.90. The summed E-state index contributed by atoms with van der Waals surface area (Å²) in [6, 6.07) is 6.64. The summed E-state index contributed by atoms with van der Waals surface area (Å²) < 4.78 is 2.03. The van der Waals surface area contributed by atoms with Gasteiger partial charge in [0, 0.05) is 11.8 Å². The van der Waals surface area contributed by atoms with Gasteiger partial charge < -0.3 is 0 Å². The molecule has 1 aromatic heterocycles. The van der Waals surface area contributed by atoms with Crippen LogP contribution in [0.1, 0.15) is 59.6 Å². The van der Waals surface area contributed by atoms with Gasteiger partial charge in [-0.05, 0) is 37.8 Å². The average molecular weight is 282 g/mol. The second-order valence-corrected chi connectivity index (χ2v) is 6.07. The summed E-state index contributed by atoms with van der Waals surface area (Å²) in [6.07, 6.45) is 9.06. The minimum atomic E-state index is 0.455. The Morgan fingerprint density at radius 2 is 1.95 bits per heavy atom. The van der Waals surface area contributed by atoms with Gasteiger partial charge in [0.05, 0.1) is 11.6 Å². The molecule has 1 heterocycles. The van der Waals surface area contributed by atoms with E-state index in [-0.39, 0.29) is 0 Å². The van der Waals surface area contributed by atoms with E-state index >= 15 is 0 Å². The number of rotatable bonds is 3. The van der Waals surface area contributed by atoms with Crippen molar-refractivity contribution in [1.29, 1.82) is 0 Å². The maximum atomic E-state index is 11.4. The minimum absolute atomic E-state index is 0.455. The monoisotopic (exact) mass is 282 g/mol. The first kappa shape index (κ1) is 14.1. The van der Waals surface area contributed by atoms with Gasteiger partial charge >= 0.3 is 0 Å². The molecule has 1 aromatic carbocycles. The van der Waals surface area contributed by atoms with Crippen molar-refractivity contribution in [2.45, 2.75) is 52.0 Å².